The van der Waals surface area contributed by atoms with Crippen molar-refractivity contribution in [3.63, 3.8) is 0 Å². The van der Waals surface area contributed by atoms with E-state index in [0.29, 0.717) is 6.04 Å². The molecule has 1 aromatic rings. The van der Waals surface area contributed by atoms with Crippen molar-refractivity contribution in [3.05, 3.63) is 35.9 Å². The van der Waals surface area contributed by atoms with Crippen LogP contribution in [0.15, 0.2) is 30.3 Å². The summed E-state index contributed by atoms with van der Waals surface area (Å²) in [5.74, 6) is 1.82. The Morgan fingerprint density at radius 1 is 1.25 bits per heavy atom. The zero-order valence-corrected chi connectivity index (χ0v) is 13.7. The molecule has 2 rings (SSSR count). The first-order valence-electron chi connectivity index (χ1n) is 7.87. The van der Waals surface area contributed by atoms with Gasteiger partial charge >= 0.3 is 0 Å². The van der Waals surface area contributed by atoms with E-state index in [0.717, 1.165) is 18.4 Å². The summed E-state index contributed by atoms with van der Waals surface area (Å²) in [6.45, 7) is 11.3. The second kappa shape index (κ2) is 6.28. The van der Waals surface area contributed by atoms with Gasteiger partial charge in [0.05, 0.1) is 0 Å². The first-order chi connectivity index (χ1) is 9.37. The van der Waals surface area contributed by atoms with E-state index in [1.165, 1.54) is 18.5 Å². The van der Waals surface area contributed by atoms with Crippen molar-refractivity contribution in [2.45, 2.75) is 45.7 Å². The molecule has 1 saturated carbocycles. The van der Waals surface area contributed by atoms with Crippen molar-refractivity contribution in [2.75, 3.05) is 20.1 Å². The molecular weight excluding hydrogens is 244 g/mol. The Hall–Kier alpha value is -0.860. The van der Waals surface area contributed by atoms with Crippen molar-refractivity contribution in [2.24, 2.45) is 11.8 Å². The Morgan fingerprint density at radius 2 is 1.85 bits per heavy atom. The summed E-state index contributed by atoms with van der Waals surface area (Å²) >= 11 is 0. The van der Waals surface area contributed by atoms with Crippen LogP contribution in [0.25, 0.3) is 0 Å². The van der Waals surface area contributed by atoms with Gasteiger partial charge in [-0.1, -0.05) is 37.3 Å². The number of rotatable bonds is 6. The van der Waals surface area contributed by atoms with Crippen molar-refractivity contribution < 1.29 is 0 Å². The predicted octanol–water partition coefficient (Wildman–Crippen LogP) is 3.70. The molecule has 3 unspecified atom stereocenters. The lowest BCUT2D eigenvalue weighted by Crippen LogP contribution is -2.42. The zero-order valence-electron chi connectivity index (χ0n) is 13.7. The quantitative estimate of drug-likeness (QED) is 0.851. The molecule has 2 heteroatoms. The topological polar surface area (TPSA) is 15.3 Å². The molecule has 1 N–H and O–H groups in total. The molecule has 112 valence electrons. The Morgan fingerprint density at radius 3 is 2.35 bits per heavy atom. The molecule has 0 spiro atoms. The van der Waals surface area contributed by atoms with Gasteiger partial charge < -0.3 is 5.32 Å². The van der Waals surface area contributed by atoms with Gasteiger partial charge in [0, 0.05) is 24.7 Å². The lowest BCUT2D eigenvalue weighted by Gasteiger charge is -2.32. The summed E-state index contributed by atoms with van der Waals surface area (Å²) in [4.78, 5) is 2.53. The molecule has 1 fully saturated rings. The van der Waals surface area contributed by atoms with Crippen LogP contribution >= 0.6 is 0 Å². The van der Waals surface area contributed by atoms with E-state index in [-0.39, 0.29) is 5.54 Å². The number of likely N-dealkylation sites (N-methyl/N-ethyl adjacent to an activating group) is 1. The van der Waals surface area contributed by atoms with Crippen LogP contribution in [0, 0.1) is 11.8 Å². The summed E-state index contributed by atoms with van der Waals surface area (Å²) < 4.78 is 0. The molecule has 1 aliphatic rings. The molecule has 20 heavy (non-hydrogen) atoms. The van der Waals surface area contributed by atoms with Gasteiger partial charge in [0.1, 0.15) is 0 Å². The summed E-state index contributed by atoms with van der Waals surface area (Å²) in [5, 5.41) is 3.66. The van der Waals surface area contributed by atoms with Crippen LogP contribution in [0.4, 0.5) is 0 Å². The summed E-state index contributed by atoms with van der Waals surface area (Å²) in [6.07, 6.45) is 1.40. The maximum atomic E-state index is 3.66. The normalized spacial score (nSPS) is 23.9. The van der Waals surface area contributed by atoms with E-state index in [4.69, 9.17) is 0 Å². The molecule has 0 bridgehead atoms. The van der Waals surface area contributed by atoms with Gasteiger partial charge in [0.2, 0.25) is 0 Å². The predicted molar refractivity (Wildman–Crippen MR) is 86.8 cm³/mol. The molecule has 0 saturated heterocycles. The van der Waals surface area contributed by atoms with Gasteiger partial charge in [-0.2, -0.15) is 0 Å². The second-order valence-corrected chi connectivity index (χ2v) is 7.47. The molecule has 1 aliphatic carbocycles. The summed E-state index contributed by atoms with van der Waals surface area (Å²) in [7, 11) is 2.27. The highest BCUT2D eigenvalue weighted by Gasteiger charge is 2.34. The standard InChI is InChI=1S/C18H30N2/c1-14-11-16(14)13-20(5)17(12-19-18(2,3)4)15-9-7-6-8-10-15/h6-10,14,16-17,19H,11-13H2,1-5H3. The molecule has 0 heterocycles. The highest BCUT2D eigenvalue weighted by Crippen LogP contribution is 2.39. The maximum absolute atomic E-state index is 3.66. The van der Waals surface area contributed by atoms with Gasteiger partial charge in [0.15, 0.2) is 0 Å². The minimum absolute atomic E-state index is 0.167. The van der Waals surface area contributed by atoms with Gasteiger partial charge in [-0.15, -0.1) is 0 Å². The third-order valence-electron chi connectivity index (χ3n) is 4.34. The minimum Gasteiger partial charge on any atom is -0.310 e. The lowest BCUT2D eigenvalue weighted by atomic mass is 10.0. The number of nitrogens with one attached hydrogen (secondary N) is 1. The maximum Gasteiger partial charge on any atom is 0.0469 e. The van der Waals surface area contributed by atoms with Gasteiger partial charge in [-0.05, 0) is 51.6 Å². The first-order valence-corrected chi connectivity index (χ1v) is 7.87. The average molecular weight is 274 g/mol. The number of nitrogens with zero attached hydrogens (tertiary/aromatic N) is 1. The highest BCUT2D eigenvalue weighted by molar-refractivity contribution is 5.19. The largest absolute Gasteiger partial charge is 0.310 e. The van der Waals surface area contributed by atoms with E-state index < -0.39 is 0 Å². The SMILES string of the molecule is CC1CC1CN(C)C(CNC(C)(C)C)c1ccccc1. The molecule has 0 aliphatic heterocycles. The first kappa shape index (κ1) is 15.5. The number of hydrogen-bond acceptors (Lipinski definition) is 2. The van der Waals surface area contributed by atoms with Crippen LogP contribution in [0.1, 0.15) is 45.7 Å². The Bertz CT molecular complexity index is 407. The molecule has 1 aromatic carbocycles. The Kier molecular flexibility index (Phi) is 4.87. The number of benzene rings is 1. The molecule has 0 amide bonds. The fourth-order valence-electron chi connectivity index (χ4n) is 2.76. The van der Waals surface area contributed by atoms with Gasteiger partial charge in [-0.25, -0.2) is 0 Å². The van der Waals surface area contributed by atoms with E-state index in [2.05, 4.69) is 75.3 Å². The smallest absolute Gasteiger partial charge is 0.0469 e. The minimum atomic E-state index is 0.167. The van der Waals surface area contributed by atoms with Crippen LogP contribution in [-0.4, -0.2) is 30.6 Å². The fourth-order valence-corrected chi connectivity index (χ4v) is 2.76. The highest BCUT2D eigenvalue weighted by atomic mass is 15.2. The molecule has 0 aromatic heterocycles. The van der Waals surface area contributed by atoms with Gasteiger partial charge in [-0.3, -0.25) is 4.90 Å². The average Bonchev–Trinajstić information content (AvgIpc) is 3.05. The zero-order chi connectivity index (χ0) is 14.8. The van der Waals surface area contributed by atoms with Crippen LogP contribution in [0.2, 0.25) is 0 Å². The third kappa shape index (κ3) is 4.60. The molecule has 0 radical (unpaired) electrons. The molecular formula is C18H30N2. The van der Waals surface area contributed by atoms with E-state index >= 15 is 0 Å². The number of hydrogen-bond donors (Lipinski definition) is 1. The van der Waals surface area contributed by atoms with E-state index in [1.807, 2.05) is 0 Å². The summed E-state index contributed by atoms with van der Waals surface area (Å²) in [5.41, 5.74) is 1.58. The third-order valence-corrected chi connectivity index (χ3v) is 4.34. The van der Waals surface area contributed by atoms with Gasteiger partial charge in [0.25, 0.3) is 0 Å². The fraction of sp³-hybridized carbons (Fsp3) is 0.667. The van der Waals surface area contributed by atoms with Crippen LogP contribution in [0.3, 0.4) is 0 Å². The molecule has 2 nitrogen and oxygen atoms in total. The Labute approximate surface area is 124 Å². The summed E-state index contributed by atoms with van der Waals surface area (Å²) in [6, 6.07) is 11.4. The molecule has 3 atom stereocenters. The van der Waals surface area contributed by atoms with Crippen LogP contribution in [-0.2, 0) is 0 Å². The van der Waals surface area contributed by atoms with Crippen molar-refractivity contribution in [1.82, 2.24) is 10.2 Å². The van der Waals surface area contributed by atoms with Crippen molar-refractivity contribution in [3.8, 4) is 0 Å². The van der Waals surface area contributed by atoms with E-state index in [9.17, 15) is 0 Å². The lowest BCUT2D eigenvalue weighted by molar-refractivity contribution is 0.213. The monoisotopic (exact) mass is 274 g/mol. The second-order valence-electron chi connectivity index (χ2n) is 7.47. The van der Waals surface area contributed by atoms with Crippen molar-refractivity contribution in [1.29, 1.82) is 0 Å². The van der Waals surface area contributed by atoms with Crippen molar-refractivity contribution >= 4 is 0 Å². The van der Waals surface area contributed by atoms with E-state index in [1.54, 1.807) is 0 Å². The van der Waals surface area contributed by atoms with Crippen LogP contribution < -0.4 is 5.32 Å². The van der Waals surface area contributed by atoms with Crippen LogP contribution in [0.5, 0.6) is 0 Å². The Balaban J connectivity index is 2.03.